The van der Waals surface area contributed by atoms with Crippen molar-refractivity contribution in [3.63, 3.8) is 0 Å². The molecule has 0 unspecified atom stereocenters. The van der Waals surface area contributed by atoms with E-state index in [0.717, 1.165) is 11.8 Å². The second-order valence-corrected chi connectivity index (χ2v) is 4.47. The van der Waals surface area contributed by atoms with E-state index in [-0.39, 0.29) is 4.83 Å². The molecule has 1 aromatic rings. The first-order valence-corrected chi connectivity index (χ1v) is 5.11. The summed E-state index contributed by atoms with van der Waals surface area (Å²) in [5.41, 5.74) is -0.346. The summed E-state index contributed by atoms with van der Waals surface area (Å²) in [6.45, 7) is 2.89. The van der Waals surface area contributed by atoms with E-state index in [1.165, 1.54) is 20.0 Å². The highest BCUT2D eigenvalue weighted by atomic mass is 79.9. The smallest absolute Gasteiger partial charge is 0.147 e. The first kappa shape index (κ1) is 11.3. The van der Waals surface area contributed by atoms with Crippen molar-refractivity contribution in [3.8, 4) is 0 Å². The molecule has 1 heterocycles. The van der Waals surface area contributed by atoms with Crippen LogP contribution in [-0.4, -0.2) is 11.3 Å². The maximum Gasteiger partial charge on any atom is 0.147 e. The quantitative estimate of drug-likeness (QED) is 0.617. The average Bonchev–Trinajstić information content (AvgIpc) is 2.15. The molecule has 1 rings (SSSR count). The predicted molar refractivity (Wildman–Crippen MR) is 56.1 cm³/mol. The SMILES string of the molecule is CC(C)(F)c1ccc([C@H](Br)C=O)cn1. The molecule has 0 aliphatic carbocycles. The van der Waals surface area contributed by atoms with E-state index in [0.29, 0.717) is 5.69 Å². The van der Waals surface area contributed by atoms with Crippen molar-refractivity contribution < 1.29 is 9.18 Å². The van der Waals surface area contributed by atoms with Crippen LogP contribution in [0.1, 0.15) is 29.9 Å². The highest BCUT2D eigenvalue weighted by molar-refractivity contribution is 9.09. The molecule has 1 aromatic heterocycles. The Labute approximate surface area is 90.7 Å². The standard InChI is InChI=1S/C10H11BrFNO/c1-10(2,12)9-4-3-7(5-13-9)8(11)6-14/h3-6,8H,1-2H3/t8-/m1/s1. The van der Waals surface area contributed by atoms with Gasteiger partial charge in [0.05, 0.1) is 10.5 Å². The average molecular weight is 260 g/mol. The highest BCUT2D eigenvalue weighted by Crippen LogP contribution is 2.25. The van der Waals surface area contributed by atoms with E-state index >= 15 is 0 Å². The summed E-state index contributed by atoms with van der Waals surface area (Å²) in [4.78, 5) is 14.0. The lowest BCUT2D eigenvalue weighted by atomic mass is 10.1. The molecule has 1 atom stereocenters. The summed E-state index contributed by atoms with van der Waals surface area (Å²) < 4.78 is 13.4. The van der Waals surface area contributed by atoms with Crippen molar-refractivity contribution >= 4 is 22.2 Å². The van der Waals surface area contributed by atoms with Crippen molar-refractivity contribution in [1.82, 2.24) is 4.98 Å². The van der Waals surface area contributed by atoms with E-state index in [4.69, 9.17) is 0 Å². The van der Waals surface area contributed by atoms with Gasteiger partial charge < -0.3 is 4.79 Å². The lowest BCUT2D eigenvalue weighted by Crippen LogP contribution is -2.11. The lowest BCUT2D eigenvalue weighted by Gasteiger charge is -2.13. The number of halogens is 2. The van der Waals surface area contributed by atoms with E-state index in [1.54, 1.807) is 12.1 Å². The molecule has 4 heteroatoms. The summed E-state index contributed by atoms with van der Waals surface area (Å²) in [7, 11) is 0. The monoisotopic (exact) mass is 259 g/mol. The number of alkyl halides is 2. The number of pyridine rings is 1. The molecule has 0 fully saturated rings. The van der Waals surface area contributed by atoms with Gasteiger partial charge in [0.1, 0.15) is 12.0 Å². The van der Waals surface area contributed by atoms with Crippen molar-refractivity contribution in [1.29, 1.82) is 0 Å². The zero-order valence-corrected chi connectivity index (χ0v) is 9.58. The maximum absolute atomic E-state index is 13.4. The van der Waals surface area contributed by atoms with Crippen LogP contribution in [0.3, 0.4) is 0 Å². The van der Waals surface area contributed by atoms with Gasteiger partial charge in [0, 0.05) is 6.20 Å². The number of nitrogens with zero attached hydrogens (tertiary/aromatic N) is 1. The van der Waals surface area contributed by atoms with Crippen molar-refractivity contribution in [2.24, 2.45) is 0 Å². The molecule has 76 valence electrons. The second-order valence-electron chi connectivity index (χ2n) is 3.49. The summed E-state index contributed by atoms with van der Waals surface area (Å²) >= 11 is 3.16. The Morgan fingerprint density at radius 1 is 1.57 bits per heavy atom. The Morgan fingerprint density at radius 3 is 2.57 bits per heavy atom. The van der Waals surface area contributed by atoms with Gasteiger partial charge >= 0.3 is 0 Å². The molecule has 0 bridgehead atoms. The molecular formula is C10H11BrFNO. The van der Waals surface area contributed by atoms with Crippen LogP contribution < -0.4 is 0 Å². The summed E-state index contributed by atoms with van der Waals surface area (Å²) in [5.74, 6) is 0. The number of carbonyl (C=O) groups excluding carboxylic acids is 1. The van der Waals surface area contributed by atoms with Gasteiger partial charge in [-0.1, -0.05) is 22.0 Å². The number of rotatable bonds is 3. The Hall–Kier alpha value is -0.770. The molecule has 14 heavy (non-hydrogen) atoms. The fourth-order valence-electron chi connectivity index (χ4n) is 0.999. The van der Waals surface area contributed by atoms with E-state index < -0.39 is 5.67 Å². The Kier molecular flexibility index (Phi) is 3.37. The number of aldehydes is 1. The van der Waals surface area contributed by atoms with Crippen molar-refractivity contribution in [3.05, 3.63) is 29.6 Å². The van der Waals surface area contributed by atoms with E-state index in [2.05, 4.69) is 20.9 Å². The van der Waals surface area contributed by atoms with Gasteiger partial charge in [0.2, 0.25) is 0 Å². The predicted octanol–water partition coefficient (Wildman–Crippen LogP) is 2.92. The number of hydrogen-bond donors (Lipinski definition) is 0. The zero-order valence-electron chi connectivity index (χ0n) is 8.00. The van der Waals surface area contributed by atoms with Crippen LogP contribution in [0.5, 0.6) is 0 Å². The minimum absolute atomic E-state index is 0.367. The van der Waals surface area contributed by atoms with E-state index in [9.17, 15) is 9.18 Å². The summed E-state index contributed by atoms with van der Waals surface area (Å²) in [6, 6.07) is 3.28. The largest absolute Gasteiger partial charge is 0.302 e. The Bertz CT molecular complexity index is 318. The molecule has 0 aromatic carbocycles. The van der Waals surface area contributed by atoms with Gasteiger partial charge in [-0.2, -0.15) is 0 Å². The van der Waals surface area contributed by atoms with Crippen LogP contribution in [0.2, 0.25) is 0 Å². The van der Waals surface area contributed by atoms with Gasteiger partial charge in [0.25, 0.3) is 0 Å². The fraction of sp³-hybridized carbons (Fsp3) is 0.400. The molecule has 0 aliphatic rings. The molecule has 0 N–H and O–H groups in total. The molecular weight excluding hydrogens is 249 g/mol. The minimum Gasteiger partial charge on any atom is -0.302 e. The molecule has 0 aliphatic heterocycles. The first-order valence-electron chi connectivity index (χ1n) is 4.20. The molecule has 0 amide bonds. The normalized spacial score (nSPS) is 13.7. The van der Waals surface area contributed by atoms with Crippen LogP contribution in [0.25, 0.3) is 0 Å². The van der Waals surface area contributed by atoms with Crippen LogP contribution >= 0.6 is 15.9 Å². The van der Waals surface area contributed by atoms with Crippen molar-refractivity contribution in [2.75, 3.05) is 0 Å². The number of hydrogen-bond acceptors (Lipinski definition) is 2. The van der Waals surface area contributed by atoms with Crippen LogP contribution in [-0.2, 0) is 10.5 Å². The molecule has 0 spiro atoms. The topological polar surface area (TPSA) is 30.0 Å². The van der Waals surface area contributed by atoms with Crippen LogP contribution in [0, 0.1) is 0 Å². The fourth-order valence-corrected chi connectivity index (χ4v) is 1.27. The van der Waals surface area contributed by atoms with Gasteiger partial charge in [-0.3, -0.25) is 4.98 Å². The summed E-state index contributed by atoms with van der Waals surface area (Å²) in [5, 5.41) is 0. The third kappa shape index (κ3) is 2.61. The zero-order chi connectivity index (χ0) is 10.8. The minimum atomic E-state index is -1.44. The Morgan fingerprint density at radius 2 is 2.21 bits per heavy atom. The molecule has 0 radical (unpaired) electrons. The Balaban J connectivity index is 2.95. The molecule has 0 saturated heterocycles. The van der Waals surface area contributed by atoms with Gasteiger partial charge in [0.15, 0.2) is 0 Å². The number of aromatic nitrogens is 1. The van der Waals surface area contributed by atoms with Gasteiger partial charge in [-0.25, -0.2) is 4.39 Å². The maximum atomic E-state index is 13.4. The summed E-state index contributed by atoms with van der Waals surface area (Å²) in [6.07, 6.45) is 2.27. The molecule has 2 nitrogen and oxygen atoms in total. The lowest BCUT2D eigenvalue weighted by molar-refractivity contribution is -0.107. The van der Waals surface area contributed by atoms with E-state index in [1.807, 2.05) is 0 Å². The highest BCUT2D eigenvalue weighted by Gasteiger charge is 2.20. The number of carbonyl (C=O) groups is 1. The van der Waals surface area contributed by atoms with Crippen molar-refractivity contribution in [2.45, 2.75) is 24.3 Å². The third-order valence-electron chi connectivity index (χ3n) is 1.83. The molecule has 0 saturated carbocycles. The van der Waals surface area contributed by atoms with Gasteiger partial charge in [-0.05, 0) is 25.5 Å². The first-order chi connectivity index (χ1) is 6.45. The second kappa shape index (κ2) is 4.17. The van der Waals surface area contributed by atoms with Gasteiger partial charge in [-0.15, -0.1) is 0 Å². The van der Waals surface area contributed by atoms with Crippen LogP contribution in [0.4, 0.5) is 4.39 Å². The van der Waals surface area contributed by atoms with Crippen LogP contribution in [0.15, 0.2) is 18.3 Å². The third-order valence-corrected chi connectivity index (χ3v) is 2.58.